The van der Waals surface area contributed by atoms with E-state index in [4.69, 9.17) is 26.2 Å². The van der Waals surface area contributed by atoms with Crippen molar-refractivity contribution >= 4 is 23.4 Å². The van der Waals surface area contributed by atoms with Crippen LogP contribution in [0.15, 0.2) is 30.3 Å². The van der Waals surface area contributed by atoms with Crippen LogP contribution < -0.4 is 9.47 Å². The number of carbonyl (C=O) groups excluding carboxylic acids is 1. The van der Waals surface area contributed by atoms with Crippen molar-refractivity contribution in [2.24, 2.45) is 0 Å². The van der Waals surface area contributed by atoms with Gasteiger partial charge in [-0.2, -0.15) is 0 Å². The van der Waals surface area contributed by atoms with Crippen molar-refractivity contribution in [3.05, 3.63) is 52.0 Å². The molecule has 2 aromatic rings. The molecule has 0 aromatic heterocycles. The second kappa shape index (κ2) is 12.3. The molecule has 0 aliphatic carbocycles. The maximum absolute atomic E-state index is 12.5. The number of rotatable bonds is 13. The summed E-state index contributed by atoms with van der Waals surface area (Å²) in [5.74, 6) is -0.215. The van der Waals surface area contributed by atoms with Gasteiger partial charge in [0.1, 0.15) is 17.2 Å². The van der Waals surface area contributed by atoms with Crippen LogP contribution in [-0.2, 0) is 17.6 Å². The van der Waals surface area contributed by atoms with Gasteiger partial charge in [0.2, 0.25) is 6.29 Å². The number of phenolic OH excluding ortho intramolecular Hbond substituents is 1. The van der Waals surface area contributed by atoms with E-state index in [9.17, 15) is 14.7 Å². The van der Waals surface area contributed by atoms with E-state index in [0.717, 1.165) is 19.3 Å². The van der Waals surface area contributed by atoms with E-state index in [-0.39, 0.29) is 18.0 Å². The minimum atomic E-state index is -0.940. The molecule has 7 heteroatoms. The van der Waals surface area contributed by atoms with Crippen LogP contribution in [0, 0.1) is 0 Å². The number of ketones is 1. The lowest BCUT2D eigenvalue weighted by Crippen LogP contribution is -2.24. The number of Topliss-reactive ketones (excluding diaryl/α,β-unsaturated/α-hetero) is 1. The first kappa shape index (κ1) is 25.5. The lowest BCUT2D eigenvalue weighted by molar-refractivity contribution is -0.136. The summed E-state index contributed by atoms with van der Waals surface area (Å²) in [6.07, 6.45) is 3.08. The molecule has 6 nitrogen and oxygen atoms in total. The van der Waals surface area contributed by atoms with Gasteiger partial charge in [-0.25, -0.2) is 0 Å². The van der Waals surface area contributed by atoms with Crippen molar-refractivity contribution < 1.29 is 29.3 Å². The number of phenols is 1. The molecule has 0 heterocycles. The Morgan fingerprint density at radius 3 is 2.31 bits per heavy atom. The summed E-state index contributed by atoms with van der Waals surface area (Å²) < 4.78 is 12.0. The van der Waals surface area contributed by atoms with Crippen LogP contribution in [-0.4, -0.2) is 28.3 Å². The zero-order valence-electron chi connectivity index (χ0n) is 18.8. The molecule has 0 fully saturated rings. The average Bonchev–Trinajstić information content (AvgIpc) is 2.75. The average molecular weight is 463 g/mol. The highest BCUT2D eigenvalue weighted by Crippen LogP contribution is 2.35. The fourth-order valence-corrected chi connectivity index (χ4v) is 3.56. The van der Waals surface area contributed by atoms with Gasteiger partial charge in [-0.3, -0.25) is 9.59 Å². The molecule has 174 valence electrons. The number of carboxylic acids is 1. The Labute approximate surface area is 194 Å². The summed E-state index contributed by atoms with van der Waals surface area (Å²) >= 11 is 6.27. The summed E-state index contributed by atoms with van der Waals surface area (Å²) in [5.41, 5.74) is 1.47. The van der Waals surface area contributed by atoms with E-state index in [1.807, 2.05) is 20.8 Å². The van der Waals surface area contributed by atoms with Gasteiger partial charge >= 0.3 is 5.97 Å². The highest BCUT2D eigenvalue weighted by molar-refractivity contribution is 6.32. The third-order valence-corrected chi connectivity index (χ3v) is 5.29. The smallest absolute Gasteiger partial charge is 0.307 e. The molecule has 1 atom stereocenters. The number of halogens is 1. The number of benzene rings is 2. The summed E-state index contributed by atoms with van der Waals surface area (Å²) in [7, 11) is 0. The summed E-state index contributed by atoms with van der Waals surface area (Å²) in [4.78, 5) is 23.4. The monoisotopic (exact) mass is 462 g/mol. The lowest BCUT2D eigenvalue weighted by Gasteiger charge is -2.22. The molecule has 0 amide bonds. The Balaban J connectivity index is 2.24. The van der Waals surface area contributed by atoms with E-state index >= 15 is 0 Å². The molecule has 0 bridgehead atoms. The van der Waals surface area contributed by atoms with E-state index in [2.05, 4.69) is 0 Å². The van der Waals surface area contributed by atoms with Crippen molar-refractivity contribution in [3.8, 4) is 17.2 Å². The normalized spacial score (nSPS) is 11.8. The van der Waals surface area contributed by atoms with E-state index in [1.165, 1.54) is 0 Å². The van der Waals surface area contributed by atoms with Crippen LogP contribution in [0.4, 0.5) is 0 Å². The molecule has 0 saturated carbocycles. The molecule has 1 unspecified atom stereocenters. The number of hydrogen-bond acceptors (Lipinski definition) is 5. The van der Waals surface area contributed by atoms with Crippen LogP contribution in [0.3, 0.4) is 0 Å². The summed E-state index contributed by atoms with van der Waals surface area (Å²) in [5, 5.41) is 20.0. The van der Waals surface area contributed by atoms with Crippen molar-refractivity contribution in [3.63, 3.8) is 0 Å². The molecule has 32 heavy (non-hydrogen) atoms. The number of carboxylic acid groups (broad SMARTS) is 1. The number of unbranched alkanes of at least 4 members (excludes halogenated alkanes) is 1. The molecule has 0 saturated heterocycles. The van der Waals surface area contributed by atoms with Crippen LogP contribution in [0.5, 0.6) is 17.2 Å². The predicted octanol–water partition coefficient (Wildman–Crippen LogP) is 6.19. The van der Waals surface area contributed by atoms with Crippen molar-refractivity contribution in [2.45, 2.75) is 72.0 Å². The fourth-order valence-electron chi connectivity index (χ4n) is 3.32. The second-order valence-electron chi connectivity index (χ2n) is 7.62. The highest BCUT2D eigenvalue weighted by Gasteiger charge is 2.21. The largest absolute Gasteiger partial charge is 0.507 e. The van der Waals surface area contributed by atoms with Gasteiger partial charge in [0.25, 0.3) is 0 Å². The van der Waals surface area contributed by atoms with Crippen molar-refractivity contribution in [1.82, 2.24) is 0 Å². The molecule has 0 aliphatic heterocycles. The summed E-state index contributed by atoms with van der Waals surface area (Å²) in [6.45, 7) is 5.89. The molecular weight excluding hydrogens is 432 g/mol. The third kappa shape index (κ3) is 6.89. The lowest BCUT2D eigenvalue weighted by atomic mass is 9.98. The van der Waals surface area contributed by atoms with Crippen LogP contribution >= 0.6 is 11.6 Å². The van der Waals surface area contributed by atoms with E-state index in [0.29, 0.717) is 52.5 Å². The first-order chi connectivity index (χ1) is 15.3. The number of hydrogen-bond donors (Lipinski definition) is 2. The Morgan fingerprint density at radius 1 is 1.03 bits per heavy atom. The van der Waals surface area contributed by atoms with Crippen LogP contribution in [0.2, 0.25) is 5.02 Å². The Bertz CT molecular complexity index is 940. The standard InChI is InChI=1S/C25H31ClO6/c1-4-7-9-20(27)17-11-13-21(18(8-5-2)25(17)30)31-24(6-3)32-22-12-10-16(14-19(22)26)15-23(28)29/h10-14,24,30H,4-9,15H2,1-3H3,(H,28,29). The number of carbonyl (C=O) groups is 2. The van der Waals surface area contributed by atoms with Gasteiger partial charge in [0.05, 0.1) is 17.0 Å². The topological polar surface area (TPSA) is 93.1 Å². The number of aromatic hydroxyl groups is 1. The Hall–Kier alpha value is -2.73. The second-order valence-corrected chi connectivity index (χ2v) is 8.03. The van der Waals surface area contributed by atoms with E-state index < -0.39 is 12.3 Å². The van der Waals surface area contributed by atoms with Gasteiger partial charge in [0.15, 0.2) is 5.78 Å². The minimum Gasteiger partial charge on any atom is -0.507 e. The number of aliphatic carboxylic acids is 1. The van der Waals surface area contributed by atoms with Crippen LogP contribution in [0.1, 0.15) is 74.4 Å². The van der Waals surface area contributed by atoms with Gasteiger partial charge in [-0.15, -0.1) is 0 Å². The zero-order chi connectivity index (χ0) is 23.7. The molecule has 2 N–H and O–H groups in total. The quantitative estimate of drug-likeness (QED) is 0.272. The maximum Gasteiger partial charge on any atom is 0.307 e. The van der Waals surface area contributed by atoms with Crippen LogP contribution in [0.25, 0.3) is 0 Å². The predicted molar refractivity (Wildman–Crippen MR) is 124 cm³/mol. The van der Waals surface area contributed by atoms with Crippen molar-refractivity contribution in [1.29, 1.82) is 0 Å². The molecule has 2 aromatic carbocycles. The third-order valence-electron chi connectivity index (χ3n) is 5.00. The minimum absolute atomic E-state index is 0.0311. The molecule has 0 spiro atoms. The maximum atomic E-state index is 12.5. The fraction of sp³-hybridized carbons (Fsp3) is 0.440. The molecule has 0 aliphatic rings. The van der Waals surface area contributed by atoms with Gasteiger partial charge < -0.3 is 19.7 Å². The van der Waals surface area contributed by atoms with E-state index in [1.54, 1.807) is 30.3 Å². The first-order valence-electron chi connectivity index (χ1n) is 11.0. The van der Waals surface area contributed by atoms with Gasteiger partial charge in [0, 0.05) is 18.4 Å². The van der Waals surface area contributed by atoms with Crippen molar-refractivity contribution in [2.75, 3.05) is 0 Å². The Kier molecular flexibility index (Phi) is 9.85. The molecule has 0 radical (unpaired) electrons. The zero-order valence-corrected chi connectivity index (χ0v) is 19.6. The number of ether oxygens (including phenoxy) is 2. The molecular formula is C25H31ClO6. The molecule has 2 rings (SSSR count). The van der Waals surface area contributed by atoms with Gasteiger partial charge in [-0.1, -0.05) is 51.3 Å². The SMILES string of the molecule is CCCCC(=O)c1ccc(OC(CC)Oc2ccc(CC(=O)O)cc2Cl)c(CCC)c1O. The first-order valence-corrected chi connectivity index (χ1v) is 11.4. The highest BCUT2D eigenvalue weighted by atomic mass is 35.5. The van der Waals surface area contributed by atoms with Gasteiger partial charge in [-0.05, 0) is 42.7 Å². The Morgan fingerprint density at radius 2 is 1.72 bits per heavy atom. The summed E-state index contributed by atoms with van der Waals surface area (Å²) in [6, 6.07) is 8.12.